The molecule has 14 heavy (non-hydrogen) atoms. The number of nitrogens with zero attached hydrogens (tertiary/aromatic N) is 1. The molecule has 1 heterocycles. The van der Waals surface area contributed by atoms with E-state index in [1.54, 1.807) is 0 Å². The Morgan fingerprint density at radius 3 is 2.43 bits per heavy atom. The molecule has 1 aliphatic rings. The van der Waals surface area contributed by atoms with Crippen LogP contribution in [0, 0.1) is 0 Å². The normalized spacial score (nSPS) is 19.8. The predicted octanol–water partition coefficient (Wildman–Crippen LogP) is -1.24. The molecule has 0 radical (unpaired) electrons. The summed E-state index contributed by atoms with van der Waals surface area (Å²) in [6.45, 7) is 1.10. The molecule has 0 saturated carbocycles. The van der Waals surface area contributed by atoms with E-state index >= 15 is 0 Å². The van der Waals surface area contributed by atoms with E-state index in [-0.39, 0.29) is 0 Å². The number of carbonyl (C=O) groups excluding carboxylic acids is 2. The quantitative estimate of drug-likeness (QED) is 0.407. The van der Waals surface area contributed by atoms with Crippen LogP contribution in [0.4, 0.5) is 0 Å². The number of esters is 1. The van der Waals surface area contributed by atoms with Crippen LogP contribution in [0.15, 0.2) is 4.36 Å². The Hall–Kier alpha value is -0.950. The maximum atomic E-state index is 11.8. The van der Waals surface area contributed by atoms with Crippen molar-refractivity contribution in [2.75, 3.05) is 31.7 Å². The van der Waals surface area contributed by atoms with E-state index < -0.39 is 21.6 Å². The molecule has 1 amide bonds. The monoisotopic (exact) mass is 220 g/mol. The van der Waals surface area contributed by atoms with Crippen LogP contribution in [0.25, 0.3) is 0 Å². The predicted molar refractivity (Wildman–Crippen MR) is 50.2 cm³/mol. The first-order chi connectivity index (χ1) is 6.57. The zero-order chi connectivity index (χ0) is 10.6. The van der Waals surface area contributed by atoms with Crippen LogP contribution < -0.4 is 5.32 Å². The van der Waals surface area contributed by atoms with E-state index in [1.165, 1.54) is 0 Å². The number of nitrogens with one attached hydrogen (secondary N) is 1. The zero-order valence-electron chi connectivity index (χ0n) is 7.82. The molecule has 0 unspecified atom stereocenters. The Morgan fingerprint density at radius 2 is 1.93 bits per heavy atom. The summed E-state index contributed by atoms with van der Waals surface area (Å²) in [4.78, 5) is 21.7. The lowest BCUT2D eigenvalue weighted by Gasteiger charge is -2.15. The summed E-state index contributed by atoms with van der Waals surface area (Å²) in [7, 11) is -1.44. The van der Waals surface area contributed by atoms with Crippen molar-refractivity contribution in [2.24, 2.45) is 4.36 Å². The highest BCUT2D eigenvalue weighted by Crippen LogP contribution is 2.01. The van der Waals surface area contributed by atoms with Crippen LogP contribution in [-0.4, -0.2) is 47.8 Å². The van der Waals surface area contributed by atoms with Crippen LogP contribution in [0.5, 0.6) is 0 Å². The minimum atomic E-state index is -2.53. The third-order valence-corrected chi connectivity index (χ3v) is 3.99. The Morgan fingerprint density at radius 1 is 1.36 bits per heavy atom. The van der Waals surface area contributed by atoms with E-state index in [1.807, 2.05) is 0 Å². The summed E-state index contributed by atoms with van der Waals surface area (Å²) in [5.41, 5.74) is 0. The van der Waals surface area contributed by atoms with Crippen molar-refractivity contribution in [2.45, 2.75) is 0 Å². The second kappa shape index (κ2) is 4.52. The fraction of sp³-hybridized carbons (Fsp3) is 0.714. The number of methoxy groups -OCH3 is 1. The fourth-order valence-corrected chi connectivity index (χ4v) is 2.75. The van der Waals surface area contributed by atoms with E-state index in [0.717, 1.165) is 7.11 Å². The second-order valence-corrected chi connectivity index (χ2v) is 5.36. The Balaban J connectivity index is 2.80. The first kappa shape index (κ1) is 11.1. The van der Waals surface area contributed by atoms with E-state index in [4.69, 9.17) is 0 Å². The van der Waals surface area contributed by atoms with Gasteiger partial charge in [0.1, 0.15) is 0 Å². The van der Waals surface area contributed by atoms with Gasteiger partial charge in [0, 0.05) is 24.6 Å². The lowest BCUT2D eigenvalue weighted by atomic mass is 10.6. The minimum Gasteiger partial charge on any atom is -0.462 e. The van der Waals surface area contributed by atoms with Crippen molar-refractivity contribution in [1.29, 1.82) is 0 Å². The Labute approximate surface area is 82.2 Å². The van der Waals surface area contributed by atoms with Gasteiger partial charge in [-0.25, -0.2) is 9.00 Å². The average molecular weight is 220 g/mol. The molecule has 1 N–H and O–H groups in total. The molecule has 0 aromatic heterocycles. The molecule has 0 aromatic carbocycles. The maximum Gasteiger partial charge on any atom is 0.399 e. The van der Waals surface area contributed by atoms with Gasteiger partial charge in [0.15, 0.2) is 0 Å². The van der Waals surface area contributed by atoms with Crippen molar-refractivity contribution in [3.05, 3.63) is 0 Å². The highest BCUT2D eigenvalue weighted by Gasteiger charge is 2.20. The molecular weight excluding hydrogens is 208 g/mol. The third-order valence-electron chi connectivity index (χ3n) is 1.80. The minimum absolute atomic E-state index is 0.301. The number of rotatable bonds is 0. The summed E-state index contributed by atoms with van der Waals surface area (Å²) >= 11 is 0. The molecule has 7 heteroatoms. The highest BCUT2D eigenvalue weighted by molar-refractivity contribution is 7.94. The van der Waals surface area contributed by atoms with E-state index in [0.29, 0.717) is 24.6 Å². The van der Waals surface area contributed by atoms with Crippen LogP contribution in [0.2, 0.25) is 0 Å². The molecule has 80 valence electrons. The Bertz CT molecular complexity index is 345. The molecule has 1 rings (SSSR count). The van der Waals surface area contributed by atoms with Gasteiger partial charge in [0.2, 0.25) is 0 Å². The molecule has 0 spiro atoms. The van der Waals surface area contributed by atoms with Crippen LogP contribution in [0.3, 0.4) is 0 Å². The lowest BCUT2D eigenvalue weighted by Crippen LogP contribution is -2.36. The van der Waals surface area contributed by atoms with Crippen molar-refractivity contribution in [3.63, 3.8) is 0 Å². The van der Waals surface area contributed by atoms with Crippen molar-refractivity contribution < 1.29 is 18.5 Å². The smallest absolute Gasteiger partial charge is 0.399 e. The number of ether oxygens (including phenoxy) is 1. The lowest BCUT2D eigenvalue weighted by molar-refractivity contribution is -0.150. The zero-order valence-corrected chi connectivity index (χ0v) is 8.63. The van der Waals surface area contributed by atoms with Gasteiger partial charge in [-0.1, -0.05) is 0 Å². The fourth-order valence-electron chi connectivity index (χ4n) is 1.06. The first-order valence-corrected chi connectivity index (χ1v) is 5.98. The molecule has 1 aliphatic heterocycles. The molecule has 0 aliphatic carbocycles. The molecule has 0 aromatic rings. The molecule has 0 bridgehead atoms. The molecule has 1 saturated heterocycles. The van der Waals surface area contributed by atoms with Gasteiger partial charge in [0.05, 0.1) is 16.8 Å². The van der Waals surface area contributed by atoms with Gasteiger partial charge < -0.3 is 10.1 Å². The Kier molecular flexibility index (Phi) is 3.59. The molecule has 0 atom stereocenters. The molecule has 6 nitrogen and oxygen atoms in total. The third kappa shape index (κ3) is 2.78. The van der Waals surface area contributed by atoms with E-state index in [9.17, 15) is 13.8 Å². The van der Waals surface area contributed by atoms with Crippen molar-refractivity contribution in [1.82, 2.24) is 5.32 Å². The standard InChI is InChI=1S/C7H12N2O4S/c1-13-7(11)6(10)9-14(12)4-2-8-3-5-14/h8H,2-5H2,1H3. The van der Waals surface area contributed by atoms with Gasteiger partial charge in [-0.05, 0) is 0 Å². The SMILES string of the molecule is COC(=O)C(=O)N=S1(=O)CCNCC1. The van der Waals surface area contributed by atoms with Gasteiger partial charge >= 0.3 is 11.9 Å². The van der Waals surface area contributed by atoms with E-state index in [2.05, 4.69) is 14.4 Å². The maximum absolute atomic E-state index is 11.8. The highest BCUT2D eigenvalue weighted by atomic mass is 32.2. The first-order valence-electron chi connectivity index (χ1n) is 4.13. The number of hydrogen-bond donors (Lipinski definition) is 1. The largest absolute Gasteiger partial charge is 0.462 e. The molecule has 1 fully saturated rings. The van der Waals surface area contributed by atoms with Crippen LogP contribution in [-0.2, 0) is 24.1 Å². The van der Waals surface area contributed by atoms with Gasteiger partial charge in [-0.2, -0.15) is 4.36 Å². The van der Waals surface area contributed by atoms with Crippen molar-refractivity contribution >= 4 is 21.6 Å². The van der Waals surface area contributed by atoms with Gasteiger partial charge in [0.25, 0.3) is 0 Å². The summed E-state index contributed by atoms with van der Waals surface area (Å²) < 4.78 is 19.4. The summed E-state index contributed by atoms with van der Waals surface area (Å²) in [5.74, 6) is -1.52. The number of carbonyl (C=O) groups is 2. The number of hydrogen-bond acceptors (Lipinski definition) is 5. The average Bonchev–Trinajstić information content (AvgIpc) is 2.17. The summed E-state index contributed by atoms with van der Waals surface area (Å²) in [6.07, 6.45) is 0. The second-order valence-electron chi connectivity index (χ2n) is 2.82. The van der Waals surface area contributed by atoms with Crippen LogP contribution in [0.1, 0.15) is 0 Å². The molecular formula is C7H12N2O4S. The van der Waals surface area contributed by atoms with Gasteiger partial charge in [-0.15, -0.1) is 0 Å². The number of amides is 1. The van der Waals surface area contributed by atoms with Crippen LogP contribution >= 0.6 is 0 Å². The van der Waals surface area contributed by atoms with Gasteiger partial charge in [-0.3, -0.25) is 4.79 Å². The van der Waals surface area contributed by atoms with Crippen molar-refractivity contribution in [3.8, 4) is 0 Å². The summed E-state index contributed by atoms with van der Waals surface area (Å²) in [5, 5.41) is 2.99. The summed E-state index contributed by atoms with van der Waals surface area (Å²) in [6, 6.07) is 0. The topological polar surface area (TPSA) is 84.8 Å².